The molecule has 0 unspecified atom stereocenters. The molecule has 0 atom stereocenters. The highest BCUT2D eigenvalue weighted by Gasteiger charge is 2.46. The minimum atomic E-state index is -0.291. The lowest BCUT2D eigenvalue weighted by Crippen LogP contribution is -2.61. The van der Waals surface area contributed by atoms with Crippen molar-refractivity contribution in [3.05, 3.63) is 424 Å². The van der Waals surface area contributed by atoms with Crippen LogP contribution in [0.2, 0.25) is 0 Å². The van der Waals surface area contributed by atoms with E-state index in [1.165, 1.54) is 37.3 Å². The number of nitrogens with zero attached hydrogens (tertiary/aromatic N) is 3. The van der Waals surface area contributed by atoms with E-state index >= 15 is 0 Å². The molecule has 0 fully saturated rings. The molecule has 0 aliphatic carbocycles. The summed E-state index contributed by atoms with van der Waals surface area (Å²) in [4.78, 5) is 12.6. The van der Waals surface area contributed by atoms with E-state index < -0.39 is 0 Å². The van der Waals surface area contributed by atoms with Crippen LogP contribution in [-0.2, 0) is 10.8 Å². The number of hydrogen-bond acceptors (Lipinski definition) is 5. The molecule has 0 N–H and O–H groups in total. The zero-order valence-electron chi connectivity index (χ0n) is 66.0. The highest BCUT2D eigenvalue weighted by Crippen LogP contribution is 2.56. The van der Waals surface area contributed by atoms with Gasteiger partial charge in [0.05, 0.1) is 17.1 Å². The SMILES string of the molecule is CC(C)(C)c1ccc(N(c2ccc(C(C)(C)C)cc2)c2cc3c4c(c2)N(c2c(-c5cccc(-c6ccccc6)c5)cccc2-c2cccc(-c5ccccc5)c2)c2cc(Sc5ccccc5)ccc2B4c2ccc(Sc4ccccc4)cc2N3c2c(-c3cccc(-c4ccccc4)c3)cccc2-c2cccc(-c3ccccc3)c2)cc1. The van der Waals surface area contributed by atoms with E-state index in [0.29, 0.717) is 0 Å². The summed E-state index contributed by atoms with van der Waals surface area (Å²) < 4.78 is 0. The fourth-order valence-corrected chi connectivity index (χ4v) is 18.8. The lowest BCUT2D eigenvalue weighted by Gasteiger charge is -2.46. The lowest BCUT2D eigenvalue weighted by atomic mass is 9.33. The summed E-state index contributed by atoms with van der Waals surface area (Å²) in [5, 5.41) is 0. The quantitative estimate of drug-likeness (QED) is 0.0838. The van der Waals surface area contributed by atoms with Crippen molar-refractivity contribution in [1.29, 1.82) is 0 Å². The van der Waals surface area contributed by atoms with E-state index in [0.717, 1.165) is 150 Å². The predicted molar refractivity (Wildman–Crippen MR) is 497 cm³/mol. The Morgan fingerprint density at radius 2 is 0.500 bits per heavy atom. The van der Waals surface area contributed by atoms with Crippen LogP contribution in [0.4, 0.5) is 51.2 Å². The van der Waals surface area contributed by atoms with Gasteiger partial charge in [-0.1, -0.05) is 368 Å². The van der Waals surface area contributed by atoms with Crippen LogP contribution in [0.15, 0.2) is 432 Å². The molecule has 2 aliphatic heterocycles. The van der Waals surface area contributed by atoms with Crippen molar-refractivity contribution in [1.82, 2.24) is 0 Å². The zero-order valence-corrected chi connectivity index (χ0v) is 67.6. The van der Waals surface area contributed by atoms with Gasteiger partial charge in [0.2, 0.25) is 0 Å². The van der Waals surface area contributed by atoms with Gasteiger partial charge >= 0.3 is 0 Å². The molecule has 6 heteroatoms. The van der Waals surface area contributed by atoms with Gasteiger partial charge in [0.15, 0.2) is 0 Å². The number of hydrogen-bond donors (Lipinski definition) is 0. The first-order valence-electron chi connectivity index (χ1n) is 40.2. The van der Waals surface area contributed by atoms with Gasteiger partial charge in [0.25, 0.3) is 6.71 Å². The third kappa shape index (κ3) is 14.4. The predicted octanol–water partition coefficient (Wildman–Crippen LogP) is 29.5. The first-order valence-corrected chi connectivity index (χ1v) is 41.8. The van der Waals surface area contributed by atoms with Crippen molar-refractivity contribution >= 4 is 97.8 Å². The Hall–Kier alpha value is -13.1. The highest BCUT2D eigenvalue weighted by molar-refractivity contribution is 7.99. The van der Waals surface area contributed by atoms with Gasteiger partial charge in [-0.2, -0.15) is 0 Å². The van der Waals surface area contributed by atoms with Crippen molar-refractivity contribution in [3.63, 3.8) is 0 Å². The van der Waals surface area contributed by atoms with Crippen molar-refractivity contribution < 1.29 is 0 Å². The maximum Gasteiger partial charge on any atom is 0.252 e. The van der Waals surface area contributed by atoms with Crippen LogP contribution >= 0.6 is 23.5 Å². The average molecular weight is 1520 g/mol. The largest absolute Gasteiger partial charge is 0.310 e. The lowest BCUT2D eigenvalue weighted by molar-refractivity contribution is 0.590. The Bertz CT molecular complexity index is 5870. The van der Waals surface area contributed by atoms with Crippen LogP contribution in [-0.4, -0.2) is 6.71 Å². The van der Waals surface area contributed by atoms with E-state index in [1.807, 2.05) is 23.5 Å². The van der Waals surface area contributed by atoms with Gasteiger partial charge < -0.3 is 14.7 Å². The first-order chi connectivity index (χ1) is 56.8. The van der Waals surface area contributed by atoms with E-state index in [1.54, 1.807) is 0 Å². The molecule has 17 aromatic rings. The van der Waals surface area contributed by atoms with Crippen molar-refractivity contribution in [2.24, 2.45) is 0 Å². The Labute approximate surface area is 692 Å². The van der Waals surface area contributed by atoms with Crippen LogP contribution in [0, 0.1) is 0 Å². The number of para-hydroxylation sites is 2. The van der Waals surface area contributed by atoms with Crippen LogP contribution < -0.4 is 31.1 Å². The maximum absolute atomic E-state index is 2.71. The Morgan fingerprint density at radius 1 is 0.224 bits per heavy atom. The third-order valence-electron chi connectivity index (χ3n) is 22.8. The summed E-state index contributed by atoms with van der Waals surface area (Å²) in [6.45, 7) is 13.6. The van der Waals surface area contributed by atoms with Gasteiger partial charge in [0.1, 0.15) is 0 Å². The molecule has 2 aliphatic rings. The Morgan fingerprint density at radius 3 is 0.802 bits per heavy atom. The molecule has 116 heavy (non-hydrogen) atoms. The summed E-state index contributed by atoms with van der Waals surface area (Å²) in [6.07, 6.45) is 0. The van der Waals surface area contributed by atoms with E-state index in [2.05, 4.69) is 469 Å². The fraction of sp³-hybridized carbons (Fsp3) is 0.0727. The summed E-state index contributed by atoms with van der Waals surface area (Å²) in [7, 11) is 0. The molecule has 0 saturated carbocycles. The molecule has 19 rings (SSSR count). The second-order valence-electron chi connectivity index (χ2n) is 32.4. The van der Waals surface area contributed by atoms with Crippen LogP contribution in [0.3, 0.4) is 0 Å². The minimum absolute atomic E-state index is 0.0988. The van der Waals surface area contributed by atoms with Gasteiger partial charge in [-0.3, -0.25) is 0 Å². The molecule has 0 aromatic heterocycles. The average Bonchev–Trinajstić information content (AvgIpc) is 0.686. The van der Waals surface area contributed by atoms with Crippen LogP contribution in [0.25, 0.3) is 89.0 Å². The second-order valence-corrected chi connectivity index (χ2v) is 34.7. The third-order valence-corrected chi connectivity index (χ3v) is 24.8. The molecule has 0 radical (unpaired) electrons. The van der Waals surface area contributed by atoms with E-state index in [-0.39, 0.29) is 17.5 Å². The van der Waals surface area contributed by atoms with Gasteiger partial charge in [-0.05, 0) is 214 Å². The number of benzene rings is 17. The summed E-state index contributed by atoms with van der Waals surface area (Å²) in [5.41, 5.74) is 33.6. The molecule has 556 valence electrons. The van der Waals surface area contributed by atoms with Crippen molar-refractivity contribution in [2.45, 2.75) is 72.0 Å². The first kappa shape index (κ1) is 73.1. The topological polar surface area (TPSA) is 9.72 Å². The van der Waals surface area contributed by atoms with Gasteiger partial charge in [-0.15, -0.1) is 0 Å². The molecule has 2 heterocycles. The Kier molecular flexibility index (Phi) is 19.5. The number of rotatable bonds is 17. The summed E-state index contributed by atoms with van der Waals surface area (Å²) in [5.74, 6) is 0. The standard InChI is InChI=1S/C110H86BN3S2/c1-109(2,3)87-55-59-89(60-56-87)112(90-61-57-88(58-62-90)110(4,5)6)91-71-104-106-105(72-91)114(108-98(85-45-27-41-81(69-85)77-35-17-9-18-36-77)53-30-54-99(108)86-46-28-42-82(70-86)78-37-19-10-20-38-78)103-74-95(116-93-49-23-12-24-50-93)64-66-101(103)111(106)100-65-63-94(115-92-47-21-11-22-48-92)73-102(100)113(104)107-96(83-43-25-39-79(67-83)75-31-13-7-14-32-75)51-29-52-97(107)84-44-26-40-80(68-84)76-33-15-8-16-34-76/h7-74H,1-6H3. The highest BCUT2D eigenvalue weighted by atomic mass is 32.2. The number of anilines is 9. The fourth-order valence-electron chi connectivity index (χ4n) is 17.1. The summed E-state index contributed by atoms with van der Waals surface area (Å²) >= 11 is 3.62. The van der Waals surface area contributed by atoms with Crippen LogP contribution in [0.5, 0.6) is 0 Å². The maximum atomic E-state index is 2.71. The zero-order chi connectivity index (χ0) is 78.4. The molecular weight excluding hydrogens is 1440 g/mol. The summed E-state index contributed by atoms with van der Waals surface area (Å²) in [6, 6.07) is 155. The van der Waals surface area contributed by atoms with Crippen LogP contribution in [0.1, 0.15) is 52.7 Å². The minimum Gasteiger partial charge on any atom is -0.310 e. The monoisotopic (exact) mass is 1520 g/mol. The molecule has 0 bridgehead atoms. The molecule has 3 nitrogen and oxygen atoms in total. The molecule has 0 amide bonds. The van der Waals surface area contributed by atoms with Gasteiger partial charge in [0, 0.05) is 76.0 Å². The normalized spacial score (nSPS) is 12.2. The number of fused-ring (bicyclic) bond motifs is 4. The molecular formula is C110H86BN3S2. The van der Waals surface area contributed by atoms with E-state index in [4.69, 9.17) is 0 Å². The van der Waals surface area contributed by atoms with E-state index in [9.17, 15) is 0 Å². The van der Waals surface area contributed by atoms with Crippen molar-refractivity contribution in [2.75, 3.05) is 14.7 Å². The molecule has 17 aromatic carbocycles. The van der Waals surface area contributed by atoms with Gasteiger partial charge in [-0.25, -0.2) is 0 Å². The Balaban J connectivity index is 0.988. The molecule has 0 saturated heterocycles. The smallest absolute Gasteiger partial charge is 0.252 e. The molecule has 0 spiro atoms. The second kappa shape index (κ2) is 31.0. The van der Waals surface area contributed by atoms with Crippen molar-refractivity contribution in [3.8, 4) is 89.0 Å².